The lowest BCUT2D eigenvalue weighted by molar-refractivity contribution is -0.161. The van der Waals surface area contributed by atoms with Gasteiger partial charge < -0.3 is 24.8 Å². The number of ether oxygens (including phenoxy) is 2. The van der Waals surface area contributed by atoms with E-state index >= 15 is 0 Å². The molecule has 8 nitrogen and oxygen atoms in total. The first kappa shape index (κ1) is 44.3. The number of ketones is 1. The zero-order chi connectivity index (χ0) is 35.4. The molecule has 1 fully saturated rings. The Morgan fingerprint density at radius 3 is 1.98 bits per heavy atom. The van der Waals surface area contributed by atoms with Crippen LogP contribution in [0.5, 0.6) is 0 Å². The Kier molecular flexibility index (Phi) is 26.7. The molecule has 1 unspecified atom stereocenters. The molecule has 8 heteroatoms. The van der Waals surface area contributed by atoms with Crippen molar-refractivity contribution in [3.63, 3.8) is 0 Å². The molecule has 0 aromatic heterocycles. The summed E-state index contributed by atoms with van der Waals surface area (Å²) in [5, 5.41) is 30.2. The van der Waals surface area contributed by atoms with Gasteiger partial charge in [-0.25, -0.2) is 0 Å². The van der Waals surface area contributed by atoms with E-state index in [0.29, 0.717) is 25.7 Å². The van der Waals surface area contributed by atoms with Gasteiger partial charge in [-0.1, -0.05) is 142 Å². The number of carbonyl (C=O) groups excluding carboxylic acids is 3. The molecule has 0 aromatic carbocycles. The molecule has 0 aromatic rings. The van der Waals surface area contributed by atoms with Gasteiger partial charge in [-0.15, -0.1) is 0 Å². The first-order chi connectivity index (χ1) is 23.2. The molecule has 3 N–H and O–H groups in total. The average molecular weight is 681 g/mol. The van der Waals surface area contributed by atoms with Gasteiger partial charge >= 0.3 is 11.9 Å². The first-order valence-electron chi connectivity index (χ1n) is 19.7. The van der Waals surface area contributed by atoms with Crippen molar-refractivity contribution in [2.75, 3.05) is 13.2 Å². The third-order valence-corrected chi connectivity index (χ3v) is 9.99. The summed E-state index contributed by atoms with van der Waals surface area (Å²) in [5.41, 5.74) is 0. The van der Waals surface area contributed by atoms with Crippen LogP contribution in [0.4, 0.5) is 0 Å². The maximum atomic E-state index is 12.5. The zero-order valence-electron chi connectivity index (χ0n) is 30.9. The fourth-order valence-corrected chi connectivity index (χ4v) is 6.54. The van der Waals surface area contributed by atoms with Gasteiger partial charge in [-0.05, 0) is 31.6 Å². The quantitative estimate of drug-likeness (QED) is 0.0377. The SMILES string of the molecule is CCCCC[C@H](O)/C=C/[C@H]1[C@H](O)CC(=O)[C@@H]1CCCCCCC(=O)O[C@@H](CO)COC(=O)CCCCCCCCCCCCC(C)CC. The Balaban J connectivity index is 2.10. The van der Waals surface area contributed by atoms with Crippen LogP contribution in [0.15, 0.2) is 12.2 Å². The maximum absolute atomic E-state index is 12.5. The lowest BCUT2D eigenvalue weighted by atomic mass is 9.88. The number of rotatable bonds is 31. The van der Waals surface area contributed by atoms with Crippen LogP contribution in [0.25, 0.3) is 0 Å². The molecule has 0 heterocycles. The first-order valence-corrected chi connectivity index (χ1v) is 19.7. The van der Waals surface area contributed by atoms with Crippen LogP contribution in [0.3, 0.4) is 0 Å². The number of hydrogen-bond acceptors (Lipinski definition) is 8. The molecular weight excluding hydrogens is 608 g/mol. The lowest BCUT2D eigenvalue weighted by Gasteiger charge is -2.18. The molecule has 0 bridgehead atoms. The molecule has 0 aliphatic heterocycles. The summed E-state index contributed by atoms with van der Waals surface area (Å²) >= 11 is 0. The molecule has 6 atom stereocenters. The van der Waals surface area contributed by atoms with Crippen LogP contribution in [0.1, 0.15) is 175 Å². The second-order valence-corrected chi connectivity index (χ2v) is 14.4. The Bertz CT molecular complexity index is 858. The van der Waals surface area contributed by atoms with Gasteiger partial charge in [0.05, 0.1) is 18.8 Å². The second-order valence-electron chi connectivity index (χ2n) is 14.4. The minimum Gasteiger partial charge on any atom is -0.462 e. The molecule has 0 spiro atoms. The molecule has 0 amide bonds. The van der Waals surface area contributed by atoms with Gasteiger partial charge in [0, 0.05) is 31.1 Å². The van der Waals surface area contributed by atoms with Gasteiger partial charge in [0.2, 0.25) is 0 Å². The molecule has 280 valence electrons. The third-order valence-electron chi connectivity index (χ3n) is 9.99. The summed E-state index contributed by atoms with van der Waals surface area (Å²) < 4.78 is 10.6. The predicted octanol–water partition coefficient (Wildman–Crippen LogP) is 8.57. The van der Waals surface area contributed by atoms with Gasteiger partial charge in [0.15, 0.2) is 6.10 Å². The second kappa shape index (κ2) is 29.0. The number of unbranched alkanes of at least 4 members (excludes halogenated alkanes) is 14. The molecule has 1 rings (SSSR count). The molecule has 1 aliphatic carbocycles. The van der Waals surface area contributed by atoms with E-state index in [2.05, 4.69) is 20.8 Å². The monoisotopic (exact) mass is 681 g/mol. The number of esters is 2. The van der Waals surface area contributed by atoms with Gasteiger partial charge in [-0.3, -0.25) is 14.4 Å². The lowest BCUT2D eigenvalue weighted by Crippen LogP contribution is -2.28. The summed E-state index contributed by atoms with van der Waals surface area (Å²) in [6, 6.07) is 0. The van der Waals surface area contributed by atoms with E-state index in [4.69, 9.17) is 9.47 Å². The summed E-state index contributed by atoms with van der Waals surface area (Å²) in [7, 11) is 0. The van der Waals surface area contributed by atoms with Crippen LogP contribution in [0, 0.1) is 17.8 Å². The molecule has 48 heavy (non-hydrogen) atoms. The molecule has 0 radical (unpaired) electrons. The summed E-state index contributed by atoms with van der Waals surface area (Å²) in [6.45, 7) is 6.19. The van der Waals surface area contributed by atoms with E-state index in [9.17, 15) is 29.7 Å². The summed E-state index contributed by atoms with van der Waals surface area (Å²) in [5.74, 6) is -0.290. The number of carbonyl (C=O) groups is 3. The highest BCUT2D eigenvalue weighted by Crippen LogP contribution is 2.34. The maximum Gasteiger partial charge on any atom is 0.306 e. The smallest absolute Gasteiger partial charge is 0.306 e. The zero-order valence-corrected chi connectivity index (χ0v) is 30.9. The van der Waals surface area contributed by atoms with Crippen LogP contribution >= 0.6 is 0 Å². The third kappa shape index (κ3) is 22.0. The van der Waals surface area contributed by atoms with Crippen molar-refractivity contribution in [2.45, 2.75) is 193 Å². The van der Waals surface area contributed by atoms with E-state index in [1.54, 1.807) is 6.08 Å². The molecule has 1 saturated carbocycles. The highest BCUT2D eigenvalue weighted by atomic mass is 16.6. The minimum atomic E-state index is -0.855. The van der Waals surface area contributed by atoms with Crippen LogP contribution in [0.2, 0.25) is 0 Å². The largest absolute Gasteiger partial charge is 0.462 e. The van der Waals surface area contributed by atoms with Crippen molar-refractivity contribution in [1.29, 1.82) is 0 Å². The van der Waals surface area contributed by atoms with Crippen molar-refractivity contribution in [3.8, 4) is 0 Å². The Morgan fingerprint density at radius 2 is 1.38 bits per heavy atom. The molecule has 1 aliphatic rings. The Morgan fingerprint density at radius 1 is 0.812 bits per heavy atom. The number of Topliss-reactive ketones (excluding diaryl/α,β-unsaturated/α-hetero) is 1. The van der Waals surface area contributed by atoms with Crippen molar-refractivity contribution in [3.05, 3.63) is 12.2 Å². The van der Waals surface area contributed by atoms with Crippen molar-refractivity contribution in [1.82, 2.24) is 0 Å². The Hall–Kier alpha value is -1.77. The van der Waals surface area contributed by atoms with Crippen LogP contribution in [-0.4, -0.2) is 64.6 Å². The molecular formula is C40H72O8. The van der Waals surface area contributed by atoms with E-state index in [0.717, 1.165) is 63.7 Å². The highest BCUT2D eigenvalue weighted by Gasteiger charge is 2.39. The minimum absolute atomic E-state index is 0.0797. The summed E-state index contributed by atoms with van der Waals surface area (Å²) in [6.07, 6.45) is 24.5. The number of aliphatic hydroxyl groups excluding tert-OH is 3. The topological polar surface area (TPSA) is 130 Å². The van der Waals surface area contributed by atoms with Gasteiger partial charge in [-0.2, -0.15) is 0 Å². The Labute approximate surface area is 292 Å². The van der Waals surface area contributed by atoms with Crippen LogP contribution < -0.4 is 0 Å². The summed E-state index contributed by atoms with van der Waals surface area (Å²) in [4.78, 5) is 36.9. The van der Waals surface area contributed by atoms with Crippen molar-refractivity contribution in [2.24, 2.45) is 17.8 Å². The molecule has 0 saturated heterocycles. The fourth-order valence-electron chi connectivity index (χ4n) is 6.54. The van der Waals surface area contributed by atoms with Crippen LogP contribution in [-0.2, 0) is 23.9 Å². The average Bonchev–Trinajstić information content (AvgIpc) is 3.34. The standard InChI is InChI=1S/C40H72O8/c1-4-6-17-23-33(42)27-28-36-35(37(43)29-38(36)44)24-19-15-16-21-26-40(46)48-34(30-41)31-47-39(45)25-20-14-12-10-8-7-9-11-13-18-22-32(3)5-2/h27-28,32-36,38,41-42,44H,4-26,29-31H2,1-3H3/b28-27+/t32?,33-,34-,35+,36+,38+/m0/s1. The van der Waals surface area contributed by atoms with E-state index < -0.39 is 30.9 Å². The van der Waals surface area contributed by atoms with Crippen molar-refractivity contribution < 1.29 is 39.2 Å². The van der Waals surface area contributed by atoms with E-state index in [-0.39, 0.29) is 43.0 Å². The van der Waals surface area contributed by atoms with Crippen molar-refractivity contribution >= 4 is 17.7 Å². The van der Waals surface area contributed by atoms with E-state index in [1.807, 2.05) is 6.08 Å². The number of hydrogen-bond donors (Lipinski definition) is 3. The normalized spacial score (nSPS) is 19.9. The van der Waals surface area contributed by atoms with E-state index in [1.165, 1.54) is 57.8 Å². The van der Waals surface area contributed by atoms with Gasteiger partial charge in [0.25, 0.3) is 0 Å². The highest BCUT2D eigenvalue weighted by molar-refractivity contribution is 5.84. The van der Waals surface area contributed by atoms with Gasteiger partial charge in [0.1, 0.15) is 12.4 Å². The fraction of sp³-hybridized carbons (Fsp3) is 0.875. The number of aliphatic hydroxyl groups is 3. The predicted molar refractivity (Wildman–Crippen MR) is 192 cm³/mol.